The Morgan fingerprint density at radius 3 is 2.86 bits per heavy atom. The molecule has 0 atom stereocenters. The number of aromatic nitrogens is 4. The average Bonchev–Trinajstić information content (AvgIpc) is 3.04. The van der Waals surface area contributed by atoms with E-state index in [0.717, 1.165) is 0 Å². The summed E-state index contributed by atoms with van der Waals surface area (Å²) >= 11 is 0. The largest absolute Gasteiger partial charge is 0.334 e. The molecule has 1 N–H and O–H groups in total. The highest BCUT2D eigenvalue weighted by Crippen LogP contribution is 2.34. The second-order valence-corrected chi connectivity index (χ2v) is 4.74. The van der Waals surface area contributed by atoms with Crippen molar-refractivity contribution < 1.29 is 9.18 Å². The zero-order valence-electron chi connectivity index (χ0n) is 11.6. The number of halogens is 1. The number of hydrogen-bond acceptors (Lipinski definition) is 3. The number of nitrogens with zero attached hydrogens (tertiary/aromatic N) is 3. The molecular formula is C15H13FN4O. The van der Waals surface area contributed by atoms with Crippen LogP contribution in [-0.4, -0.2) is 26.0 Å². The molecule has 0 amide bonds. The Morgan fingerprint density at radius 1 is 1.38 bits per heavy atom. The maximum Gasteiger partial charge on any atom is 0.154 e. The molecule has 0 aliphatic carbocycles. The van der Waals surface area contributed by atoms with Crippen LogP contribution in [0, 0.1) is 12.7 Å². The molecule has 3 rings (SSSR count). The monoisotopic (exact) mass is 284 g/mol. The first kappa shape index (κ1) is 13.2. The molecule has 0 aliphatic rings. The molecular weight excluding hydrogens is 271 g/mol. The van der Waals surface area contributed by atoms with Crippen molar-refractivity contribution in [2.75, 3.05) is 0 Å². The third-order valence-electron chi connectivity index (χ3n) is 3.44. The molecule has 106 valence electrons. The molecule has 21 heavy (non-hydrogen) atoms. The van der Waals surface area contributed by atoms with Gasteiger partial charge in [0.05, 0.1) is 17.0 Å². The van der Waals surface area contributed by atoms with Gasteiger partial charge >= 0.3 is 0 Å². The molecule has 2 heterocycles. The fraction of sp³-hybridized carbons (Fsp3) is 0.133. The van der Waals surface area contributed by atoms with Gasteiger partial charge in [-0.25, -0.2) is 9.37 Å². The fourth-order valence-electron chi connectivity index (χ4n) is 2.37. The first-order chi connectivity index (χ1) is 10.1. The molecule has 2 aromatic heterocycles. The first-order valence-electron chi connectivity index (χ1n) is 6.40. The summed E-state index contributed by atoms with van der Waals surface area (Å²) in [5.41, 5.74) is 2.17. The highest BCUT2D eigenvalue weighted by molar-refractivity contribution is 5.91. The van der Waals surface area contributed by atoms with E-state index >= 15 is 0 Å². The van der Waals surface area contributed by atoms with Gasteiger partial charge in [-0.15, -0.1) is 0 Å². The number of nitrogens with one attached hydrogen (secondary N) is 1. The molecule has 1 aromatic carbocycles. The van der Waals surface area contributed by atoms with Gasteiger partial charge in [0, 0.05) is 30.6 Å². The summed E-state index contributed by atoms with van der Waals surface area (Å²) in [5.74, 6) is 0.191. The smallest absolute Gasteiger partial charge is 0.154 e. The lowest BCUT2D eigenvalue weighted by atomic mass is 10.00. The topological polar surface area (TPSA) is 63.6 Å². The number of carbonyl (C=O) groups is 1. The van der Waals surface area contributed by atoms with Crippen molar-refractivity contribution in [1.29, 1.82) is 0 Å². The van der Waals surface area contributed by atoms with Crippen molar-refractivity contribution in [2.45, 2.75) is 6.92 Å². The van der Waals surface area contributed by atoms with Crippen LogP contribution in [0.2, 0.25) is 0 Å². The van der Waals surface area contributed by atoms with Gasteiger partial charge in [0.15, 0.2) is 6.29 Å². The van der Waals surface area contributed by atoms with Crippen LogP contribution < -0.4 is 0 Å². The van der Waals surface area contributed by atoms with Crippen LogP contribution in [0.3, 0.4) is 0 Å². The molecule has 5 nitrogen and oxygen atoms in total. The van der Waals surface area contributed by atoms with Gasteiger partial charge in [-0.05, 0) is 13.0 Å². The van der Waals surface area contributed by atoms with Gasteiger partial charge < -0.3 is 4.57 Å². The number of imidazole rings is 1. The second kappa shape index (κ2) is 4.97. The summed E-state index contributed by atoms with van der Waals surface area (Å²) in [6, 6.07) is 4.74. The molecule has 0 aliphatic heterocycles. The number of carbonyl (C=O) groups excluding carboxylic acids is 1. The Kier molecular flexibility index (Phi) is 3.13. The van der Waals surface area contributed by atoms with E-state index in [-0.39, 0.29) is 0 Å². The number of aromatic amines is 1. The molecule has 0 spiro atoms. The molecule has 0 unspecified atom stereocenters. The van der Waals surface area contributed by atoms with E-state index in [4.69, 9.17) is 0 Å². The lowest BCUT2D eigenvalue weighted by Gasteiger charge is -2.10. The standard InChI is InChI=1S/C15H13FN4O/c1-9-11(8-21)14(19-18-9)13-10(4-3-5-12(13)16)15-17-6-7-20(15)2/h3-8H,1-2H3,(H,18,19). The predicted octanol–water partition coefficient (Wildman–Crippen LogP) is 2.74. The lowest BCUT2D eigenvalue weighted by Crippen LogP contribution is -1.98. The Hall–Kier alpha value is -2.76. The van der Waals surface area contributed by atoms with Crippen LogP contribution in [0.25, 0.3) is 22.6 Å². The molecule has 0 fully saturated rings. The molecule has 0 saturated carbocycles. The number of benzene rings is 1. The van der Waals surface area contributed by atoms with Crippen LogP contribution in [0.4, 0.5) is 4.39 Å². The van der Waals surface area contributed by atoms with E-state index < -0.39 is 5.82 Å². The fourth-order valence-corrected chi connectivity index (χ4v) is 2.37. The zero-order chi connectivity index (χ0) is 15.0. The maximum atomic E-state index is 14.4. The van der Waals surface area contributed by atoms with Crippen molar-refractivity contribution in [1.82, 2.24) is 19.7 Å². The summed E-state index contributed by atoms with van der Waals surface area (Å²) < 4.78 is 16.2. The number of H-pyrrole nitrogens is 1. The minimum atomic E-state index is -0.428. The summed E-state index contributed by atoms with van der Waals surface area (Å²) in [6.07, 6.45) is 4.11. The van der Waals surface area contributed by atoms with E-state index in [1.807, 2.05) is 7.05 Å². The number of rotatable bonds is 3. The summed E-state index contributed by atoms with van der Waals surface area (Å²) in [7, 11) is 1.83. The number of hydrogen-bond donors (Lipinski definition) is 1. The molecule has 6 heteroatoms. The van der Waals surface area contributed by atoms with E-state index in [9.17, 15) is 9.18 Å². The summed E-state index contributed by atoms with van der Waals surface area (Å²) in [6.45, 7) is 1.70. The number of aldehydes is 1. The van der Waals surface area contributed by atoms with Crippen LogP contribution in [-0.2, 0) is 7.05 Å². The van der Waals surface area contributed by atoms with Crippen LogP contribution in [0.15, 0.2) is 30.6 Å². The normalized spacial score (nSPS) is 10.8. The Morgan fingerprint density at radius 2 is 2.19 bits per heavy atom. The SMILES string of the molecule is Cc1n[nH]c(-c2c(F)cccc2-c2nccn2C)c1C=O. The number of aryl methyl sites for hydroxylation is 2. The van der Waals surface area contributed by atoms with E-state index in [1.54, 1.807) is 36.0 Å². The summed E-state index contributed by atoms with van der Waals surface area (Å²) in [4.78, 5) is 15.5. The van der Waals surface area contributed by atoms with Gasteiger partial charge in [0.1, 0.15) is 11.6 Å². The van der Waals surface area contributed by atoms with Gasteiger partial charge in [0.25, 0.3) is 0 Å². The quantitative estimate of drug-likeness (QED) is 0.752. The van der Waals surface area contributed by atoms with Crippen molar-refractivity contribution in [3.05, 3.63) is 47.7 Å². The predicted molar refractivity (Wildman–Crippen MR) is 76.3 cm³/mol. The maximum absolute atomic E-state index is 14.4. The van der Waals surface area contributed by atoms with Crippen molar-refractivity contribution in [3.8, 4) is 22.6 Å². The van der Waals surface area contributed by atoms with Crippen LogP contribution in [0.1, 0.15) is 16.1 Å². The third kappa shape index (κ3) is 2.05. The minimum Gasteiger partial charge on any atom is -0.334 e. The molecule has 0 saturated heterocycles. The third-order valence-corrected chi connectivity index (χ3v) is 3.44. The molecule has 0 bridgehead atoms. The van der Waals surface area contributed by atoms with Crippen molar-refractivity contribution in [3.63, 3.8) is 0 Å². The minimum absolute atomic E-state index is 0.300. The second-order valence-electron chi connectivity index (χ2n) is 4.74. The highest BCUT2D eigenvalue weighted by Gasteiger charge is 2.20. The van der Waals surface area contributed by atoms with Crippen LogP contribution >= 0.6 is 0 Å². The molecule has 0 radical (unpaired) electrons. The Bertz CT molecular complexity index is 819. The first-order valence-corrected chi connectivity index (χ1v) is 6.40. The van der Waals surface area contributed by atoms with Gasteiger partial charge in [0.2, 0.25) is 0 Å². The lowest BCUT2D eigenvalue weighted by molar-refractivity contribution is 0.112. The van der Waals surface area contributed by atoms with Gasteiger partial charge in [-0.2, -0.15) is 5.10 Å². The van der Waals surface area contributed by atoms with Crippen molar-refractivity contribution >= 4 is 6.29 Å². The van der Waals surface area contributed by atoms with E-state index in [2.05, 4.69) is 15.2 Å². The van der Waals surface area contributed by atoms with Gasteiger partial charge in [-0.3, -0.25) is 9.89 Å². The van der Waals surface area contributed by atoms with E-state index in [0.29, 0.717) is 40.2 Å². The van der Waals surface area contributed by atoms with Gasteiger partial charge in [-0.1, -0.05) is 12.1 Å². The highest BCUT2D eigenvalue weighted by atomic mass is 19.1. The Labute approximate surface area is 120 Å². The zero-order valence-corrected chi connectivity index (χ0v) is 11.6. The van der Waals surface area contributed by atoms with Crippen LogP contribution in [0.5, 0.6) is 0 Å². The van der Waals surface area contributed by atoms with E-state index in [1.165, 1.54) is 6.07 Å². The average molecular weight is 284 g/mol. The summed E-state index contributed by atoms with van der Waals surface area (Å²) in [5, 5.41) is 6.75. The Balaban J connectivity index is 2.32. The molecule has 3 aromatic rings. The van der Waals surface area contributed by atoms with Crippen molar-refractivity contribution in [2.24, 2.45) is 7.05 Å².